The SMILES string of the molecule is CNc1nn2c(C)cc(C(=O)O)nc2c1S(=O)(=O)c1ccccc1. The van der Waals surface area contributed by atoms with Gasteiger partial charge in [-0.3, -0.25) is 0 Å². The molecule has 0 radical (unpaired) electrons. The van der Waals surface area contributed by atoms with Gasteiger partial charge in [0.05, 0.1) is 4.90 Å². The van der Waals surface area contributed by atoms with E-state index in [1.165, 1.54) is 22.7 Å². The van der Waals surface area contributed by atoms with E-state index >= 15 is 0 Å². The molecule has 0 spiro atoms. The number of rotatable bonds is 4. The number of carboxylic acids is 1. The Balaban J connectivity index is 2.40. The van der Waals surface area contributed by atoms with Crippen LogP contribution in [0.25, 0.3) is 5.65 Å². The number of aromatic carboxylic acids is 1. The minimum absolute atomic E-state index is 0.0272. The summed E-state index contributed by atoms with van der Waals surface area (Å²) in [5.74, 6) is -1.13. The monoisotopic (exact) mass is 346 g/mol. The Bertz CT molecular complexity index is 1040. The van der Waals surface area contributed by atoms with E-state index in [1.54, 1.807) is 32.2 Å². The predicted molar refractivity (Wildman–Crippen MR) is 86.1 cm³/mol. The molecule has 0 aliphatic carbocycles. The van der Waals surface area contributed by atoms with Crippen LogP contribution >= 0.6 is 0 Å². The number of anilines is 1. The summed E-state index contributed by atoms with van der Waals surface area (Å²) >= 11 is 0. The van der Waals surface area contributed by atoms with Crippen molar-refractivity contribution in [2.45, 2.75) is 16.7 Å². The van der Waals surface area contributed by atoms with E-state index in [2.05, 4.69) is 15.4 Å². The van der Waals surface area contributed by atoms with Crippen molar-refractivity contribution in [3.63, 3.8) is 0 Å². The van der Waals surface area contributed by atoms with Gasteiger partial charge in [0, 0.05) is 12.7 Å². The smallest absolute Gasteiger partial charge is 0.354 e. The molecule has 0 aliphatic heterocycles. The molecular formula is C15H14N4O4S. The first kappa shape index (κ1) is 15.9. The van der Waals surface area contributed by atoms with Gasteiger partial charge in [-0.2, -0.15) is 0 Å². The van der Waals surface area contributed by atoms with E-state index in [-0.39, 0.29) is 26.9 Å². The first-order valence-electron chi connectivity index (χ1n) is 6.98. The molecule has 0 bridgehead atoms. The number of nitrogens with zero attached hydrogens (tertiary/aromatic N) is 3. The zero-order chi connectivity index (χ0) is 17.5. The fourth-order valence-electron chi connectivity index (χ4n) is 2.38. The number of carboxylic acid groups (broad SMARTS) is 1. The number of hydrogen-bond acceptors (Lipinski definition) is 6. The van der Waals surface area contributed by atoms with Gasteiger partial charge in [-0.25, -0.2) is 22.7 Å². The number of aromatic nitrogens is 3. The minimum atomic E-state index is -3.93. The summed E-state index contributed by atoms with van der Waals surface area (Å²) in [5, 5.41) is 16.1. The fraction of sp³-hybridized carbons (Fsp3) is 0.133. The predicted octanol–water partition coefficient (Wildman–Crippen LogP) is 1.61. The van der Waals surface area contributed by atoms with Gasteiger partial charge in [-0.15, -0.1) is 5.10 Å². The van der Waals surface area contributed by atoms with Gasteiger partial charge >= 0.3 is 5.97 Å². The Morgan fingerprint density at radius 2 is 1.92 bits per heavy atom. The van der Waals surface area contributed by atoms with Gasteiger partial charge in [-0.05, 0) is 25.1 Å². The molecule has 0 saturated carbocycles. The molecule has 0 saturated heterocycles. The maximum Gasteiger partial charge on any atom is 0.354 e. The van der Waals surface area contributed by atoms with Crippen molar-refractivity contribution in [1.82, 2.24) is 14.6 Å². The van der Waals surface area contributed by atoms with Gasteiger partial charge in [0.2, 0.25) is 9.84 Å². The van der Waals surface area contributed by atoms with Crippen molar-refractivity contribution >= 4 is 27.3 Å². The maximum atomic E-state index is 13.0. The molecule has 0 atom stereocenters. The Morgan fingerprint density at radius 3 is 2.50 bits per heavy atom. The molecule has 0 aliphatic rings. The van der Waals surface area contributed by atoms with E-state index in [9.17, 15) is 18.3 Å². The third-order valence-corrected chi connectivity index (χ3v) is 5.31. The van der Waals surface area contributed by atoms with Crippen LogP contribution in [0.3, 0.4) is 0 Å². The molecular weight excluding hydrogens is 332 g/mol. The Kier molecular flexibility index (Phi) is 3.72. The zero-order valence-corrected chi connectivity index (χ0v) is 13.7. The summed E-state index contributed by atoms with van der Waals surface area (Å²) in [7, 11) is -2.38. The third-order valence-electron chi connectivity index (χ3n) is 3.50. The second-order valence-corrected chi connectivity index (χ2v) is 6.95. The average Bonchev–Trinajstić information content (AvgIpc) is 2.95. The molecule has 124 valence electrons. The topological polar surface area (TPSA) is 114 Å². The highest BCUT2D eigenvalue weighted by Gasteiger charge is 2.29. The van der Waals surface area contributed by atoms with Crippen LogP contribution in [0, 0.1) is 6.92 Å². The van der Waals surface area contributed by atoms with Crippen molar-refractivity contribution in [2.24, 2.45) is 0 Å². The largest absolute Gasteiger partial charge is 0.477 e. The van der Waals surface area contributed by atoms with Crippen LogP contribution in [0.15, 0.2) is 46.2 Å². The molecule has 2 aromatic heterocycles. The van der Waals surface area contributed by atoms with Gasteiger partial charge in [0.25, 0.3) is 0 Å². The third kappa shape index (κ3) is 2.38. The van der Waals surface area contributed by atoms with Crippen LogP contribution in [-0.2, 0) is 9.84 Å². The summed E-state index contributed by atoms with van der Waals surface area (Å²) < 4.78 is 27.3. The summed E-state index contributed by atoms with van der Waals surface area (Å²) in [6, 6.07) is 9.19. The second-order valence-electron chi connectivity index (χ2n) is 5.07. The van der Waals surface area contributed by atoms with Crippen LogP contribution in [0.5, 0.6) is 0 Å². The van der Waals surface area contributed by atoms with Gasteiger partial charge in [0.15, 0.2) is 22.1 Å². The summed E-state index contributed by atoms with van der Waals surface area (Å²) in [6.45, 7) is 1.63. The lowest BCUT2D eigenvalue weighted by Gasteiger charge is -2.05. The Hall–Kier alpha value is -2.94. The number of nitrogens with one attached hydrogen (secondary N) is 1. The molecule has 8 nitrogen and oxygen atoms in total. The van der Waals surface area contributed by atoms with Crippen molar-refractivity contribution < 1.29 is 18.3 Å². The highest BCUT2D eigenvalue weighted by atomic mass is 32.2. The average molecular weight is 346 g/mol. The Labute approximate surface area is 137 Å². The molecule has 0 amide bonds. The lowest BCUT2D eigenvalue weighted by atomic mass is 10.3. The van der Waals surface area contributed by atoms with Crippen molar-refractivity contribution in [1.29, 1.82) is 0 Å². The lowest BCUT2D eigenvalue weighted by Crippen LogP contribution is -2.08. The fourth-order valence-corrected chi connectivity index (χ4v) is 3.90. The molecule has 9 heteroatoms. The molecule has 0 unspecified atom stereocenters. The standard InChI is InChI=1S/C15H14N4O4S/c1-9-8-11(15(20)21)17-14-12(13(16-2)18-19(9)14)24(22,23)10-6-4-3-5-7-10/h3-8H,1-2H3,(H,16,18)(H,20,21). The lowest BCUT2D eigenvalue weighted by molar-refractivity contribution is 0.0690. The Morgan fingerprint density at radius 1 is 1.25 bits per heavy atom. The first-order chi connectivity index (χ1) is 11.4. The maximum absolute atomic E-state index is 13.0. The van der Waals surface area contributed by atoms with Crippen molar-refractivity contribution in [2.75, 3.05) is 12.4 Å². The van der Waals surface area contributed by atoms with Gasteiger partial charge in [0.1, 0.15) is 0 Å². The zero-order valence-electron chi connectivity index (χ0n) is 12.9. The minimum Gasteiger partial charge on any atom is -0.477 e. The normalized spacial score (nSPS) is 11.6. The number of sulfone groups is 1. The van der Waals surface area contributed by atoms with Gasteiger partial charge < -0.3 is 10.4 Å². The number of hydrogen-bond donors (Lipinski definition) is 2. The highest BCUT2D eigenvalue weighted by Crippen LogP contribution is 2.30. The molecule has 3 rings (SSSR count). The van der Waals surface area contributed by atoms with Crippen LogP contribution < -0.4 is 5.32 Å². The van der Waals surface area contributed by atoms with E-state index in [4.69, 9.17) is 0 Å². The molecule has 0 fully saturated rings. The molecule has 3 aromatic rings. The van der Waals surface area contributed by atoms with E-state index in [0.717, 1.165) is 0 Å². The molecule has 1 aromatic carbocycles. The van der Waals surface area contributed by atoms with Crippen LogP contribution in [0.4, 0.5) is 5.82 Å². The number of fused-ring (bicyclic) bond motifs is 1. The quantitative estimate of drug-likeness (QED) is 0.737. The summed E-state index contributed by atoms with van der Waals surface area (Å²) in [4.78, 5) is 15.2. The molecule has 2 heterocycles. The number of benzene rings is 1. The summed E-state index contributed by atoms with van der Waals surface area (Å²) in [6.07, 6.45) is 0. The van der Waals surface area contributed by atoms with E-state index in [1.807, 2.05) is 0 Å². The van der Waals surface area contributed by atoms with Crippen LogP contribution in [0.1, 0.15) is 16.2 Å². The van der Waals surface area contributed by atoms with E-state index < -0.39 is 15.8 Å². The molecule has 24 heavy (non-hydrogen) atoms. The van der Waals surface area contributed by atoms with Crippen molar-refractivity contribution in [3.8, 4) is 0 Å². The van der Waals surface area contributed by atoms with E-state index in [0.29, 0.717) is 5.69 Å². The van der Waals surface area contributed by atoms with Gasteiger partial charge in [-0.1, -0.05) is 18.2 Å². The van der Waals surface area contributed by atoms with Crippen LogP contribution in [0.2, 0.25) is 0 Å². The molecule has 2 N–H and O–H groups in total. The first-order valence-corrected chi connectivity index (χ1v) is 8.46. The number of aryl methyl sites for hydroxylation is 1. The van der Waals surface area contributed by atoms with Crippen LogP contribution in [-0.4, -0.2) is 41.1 Å². The number of carbonyl (C=O) groups is 1. The summed E-state index contributed by atoms with van der Waals surface area (Å²) in [5.41, 5.74) is 0.191. The second kappa shape index (κ2) is 5.60. The van der Waals surface area contributed by atoms with Crippen molar-refractivity contribution in [3.05, 3.63) is 47.8 Å². The highest BCUT2D eigenvalue weighted by molar-refractivity contribution is 7.91.